The number of aryl methyl sites for hydroxylation is 1. The number of benzene rings is 2. The van der Waals surface area contributed by atoms with Gasteiger partial charge in [-0.05, 0) is 36.5 Å². The summed E-state index contributed by atoms with van der Waals surface area (Å²) in [6.45, 7) is 7.22. The number of hydrogen-bond acceptors (Lipinski definition) is 3. The summed E-state index contributed by atoms with van der Waals surface area (Å²) < 4.78 is 28.8. The molecule has 0 spiro atoms. The first-order valence-electron chi connectivity index (χ1n) is 11.4. The van der Waals surface area contributed by atoms with Gasteiger partial charge in [-0.3, -0.25) is 0 Å². The van der Waals surface area contributed by atoms with Crippen LogP contribution in [0.5, 0.6) is 0 Å². The Balaban J connectivity index is 0.00000141. The van der Waals surface area contributed by atoms with Crippen LogP contribution in [0, 0.1) is 6.92 Å². The third kappa shape index (κ3) is 5.78. The van der Waals surface area contributed by atoms with E-state index in [-0.39, 0.29) is 11.8 Å². The maximum Gasteiger partial charge on any atom is 0.219 e. The van der Waals surface area contributed by atoms with Crippen molar-refractivity contribution in [1.29, 1.82) is 0 Å². The highest BCUT2D eigenvalue weighted by Gasteiger charge is 2.37. The molecule has 2 aromatic rings. The molecule has 5 heteroatoms. The summed E-state index contributed by atoms with van der Waals surface area (Å²) in [6, 6.07) is 17.3. The van der Waals surface area contributed by atoms with Gasteiger partial charge in [0.25, 0.3) is 0 Å². The van der Waals surface area contributed by atoms with Crippen molar-refractivity contribution in [3.05, 3.63) is 107 Å². The van der Waals surface area contributed by atoms with E-state index in [1.165, 1.54) is 5.57 Å². The van der Waals surface area contributed by atoms with E-state index < -0.39 is 10.0 Å². The van der Waals surface area contributed by atoms with Gasteiger partial charge in [0.2, 0.25) is 10.0 Å². The molecule has 2 aliphatic heterocycles. The summed E-state index contributed by atoms with van der Waals surface area (Å²) in [5, 5.41) is 3.54. The Morgan fingerprint density at radius 1 is 0.969 bits per heavy atom. The largest absolute Gasteiger partial charge is 0.383 e. The minimum atomic E-state index is -3.50. The van der Waals surface area contributed by atoms with E-state index in [0.717, 1.165) is 35.2 Å². The van der Waals surface area contributed by atoms with Crippen LogP contribution in [0.3, 0.4) is 0 Å². The molecule has 0 saturated carbocycles. The first-order valence-corrected chi connectivity index (χ1v) is 13.0. The summed E-state index contributed by atoms with van der Waals surface area (Å²) in [6.07, 6.45) is 9.90. The average Bonchev–Trinajstić information content (AvgIpc) is 2.93. The lowest BCUT2D eigenvalue weighted by atomic mass is 9.92. The summed E-state index contributed by atoms with van der Waals surface area (Å²) in [7, 11) is -3.50. The van der Waals surface area contributed by atoms with Crippen LogP contribution < -0.4 is 5.32 Å². The normalized spacial score (nSPS) is 21.0. The fourth-order valence-corrected chi connectivity index (χ4v) is 5.83. The molecule has 0 saturated heterocycles. The molecule has 32 heavy (non-hydrogen) atoms. The second-order valence-corrected chi connectivity index (χ2v) is 9.80. The number of hydrogen-bond donors (Lipinski definition) is 1. The molecule has 1 atom stereocenters. The van der Waals surface area contributed by atoms with Gasteiger partial charge in [0.05, 0.1) is 11.8 Å². The SMILES string of the molecule is CC.Cc1ccc(C2C3=C(C/C=C\C=C/CN3)CCN2S(=O)(=O)Cc2ccccc2)cc1. The van der Waals surface area contributed by atoms with Crippen molar-refractivity contribution in [3.63, 3.8) is 0 Å². The highest BCUT2D eigenvalue weighted by atomic mass is 32.2. The summed E-state index contributed by atoms with van der Waals surface area (Å²) in [5.74, 6) is 0.0125. The van der Waals surface area contributed by atoms with Crippen molar-refractivity contribution in [2.45, 2.75) is 45.4 Å². The van der Waals surface area contributed by atoms with Crippen LogP contribution in [0.15, 0.2) is 90.2 Å². The van der Waals surface area contributed by atoms with Gasteiger partial charge in [-0.15, -0.1) is 0 Å². The Bertz CT molecular complexity index is 1070. The summed E-state index contributed by atoms with van der Waals surface area (Å²) in [5.41, 5.74) is 5.29. The van der Waals surface area contributed by atoms with E-state index in [1.807, 2.05) is 57.2 Å². The van der Waals surface area contributed by atoms with Crippen molar-refractivity contribution in [2.75, 3.05) is 13.1 Å². The zero-order chi connectivity index (χ0) is 23.0. The lowest BCUT2D eigenvalue weighted by Gasteiger charge is -2.38. The number of allylic oxidation sites excluding steroid dienone is 3. The van der Waals surface area contributed by atoms with Gasteiger partial charge < -0.3 is 5.32 Å². The smallest absolute Gasteiger partial charge is 0.219 e. The molecule has 2 aromatic carbocycles. The predicted molar refractivity (Wildman–Crippen MR) is 134 cm³/mol. The zero-order valence-electron chi connectivity index (χ0n) is 19.3. The molecule has 0 fully saturated rings. The van der Waals surface area contributed by atoms with Crippen molar-refractivity contribution in [3.8, 4) is 0 Å². The Hall–Kier alpha value is -2.63. The molecule has 0 amide bonds. The second kappa shape index (κ2) is 11.3. The summed E-state index contributed by atoms with van der Waals surface area (Å²) >= 11 is 0. The van der Waals surface area contributed by atoms with Gasteiger partial charge >= 0.3 is 0 Å². The number of nitrogens with zero attached hydrogens (tertiary/aromatic N) is 1. The maximum atomic E-state index is 13.5. The Morgan fingerprint density at radius 3 is 2.38 bits per heavy atom. The molecule has 1 unspecified atom stereocenters. The molecule has 2 heterocycles. The third-order valence-electron chi connectivity index (χ3n) is 5.68. The van der Waals surface area contributed by atoms with Crippen molar-refractivity contribution < 1.29 is 8.42 Å². The number of rotatable bonds is 4. The molecular formula is C27H34N2O2S. The van der Waals surface area contributed by atoms with Gasteiger partial charge in [0.15, 0.2) is 0 Å². The van der Waals surface area contributed by atoms with Crippen LogP contribution in [0.1, 0.15) is 49.4 Å². The molecule has 2 aliphatic rings. The second-order valence-electron chi connectivity index (χ2n) is 7.87. The maximum absolute atomic E-state index is 13.5. The lowest BCUT2D eigenvalue weighted by Crippen LogP contribution is -2.43. The van der Waals surface area contributed by atoms with E-state index in [1.54, 1.807) is 4.31 Å². The fraction of sp³-hybridized carbons (Fsp3) is 0.333. The Morgan fingerprint density at radius 2 is 1.66 bits per heavy atom. The van der Waals surface area contributed by atoms with E-state index >= 15 is 0 Å². The van der Waals surface area contributed by atoms with Crippen LogP contribution in [0.4, 0.5) is 0 Å². The van der Waals surface area contributed by atoms with E-state index in [2.05, 4.69) is 47.8 Å². The minimum absolute atomic E-state index is 0.0125. The lowest BCUT2D eigenvalue weighted by molar-refractivity contribution is 0.325. The van der Waals surface area contributed by atoms with Crippen LogP contribution in [0.25, 0.3) is 0 Å². The molecule has 0 aliphatic carbocycles. The Kier molecular flexibility index (Phi) is 8.48. The van der Waals surface area contributed by atoms with Crippen LogP contribution in [-0.4, -0.2) is 25.8 Å². The number of sulfonamides is 1. The van der Waals surface area contributed by atoms with Crippen molar-refractivity contribution in [2.24, 2.45) is 0 Å². The molecule has 170 valence electrons. The fourth-order valence-electron chi connectivity index (χ4n) is 4.13. The van der Waals surface area contributed by atoms with Gasteiger partial charge in [0, 0.05) is 18.8 Å². The first kappa shape index (κ1) is 24.0. The van der Waals surface area contributed by atoms with E-state index in [9.17, 15) is 8.42 Å². The van der Waals surface area contributed by atoms with E-state index in [0.29, 0.717) is 13.1 Å². The molecule has 0 radical (unpaired) electrons. The van der Waals surface area contributed by atoms with Gasteiger partial charge in [-0.25, -0.2) is 8.42 Å². The van der Waals surface area contributed by atoms with Gasteiger partial charge in [-0.2, -0.15) is 4.31 Å². The molecule has 4 nitrogen and oxygen atoms in total. The molecule has 0 bridgehead atoms. The third-order valence-corrected chi connectivity index (χ3v) is 7.48. The van der Waals surface area contributed by atoms with Crippen LogP contribution >= 0.6 is 0 Å². The average molecular weight is 451 g/mol. The molecule has 0 aromatic heterocycles. The monoisotopic (exact) mass is 450 g/mol. The molecular weight excluding hydrogens is 416 g/mol. The minimum Gasteiger partial charge on any atom is -0.383 e. The zero-order valence-corrected chi connectivity index (χ0v) is 20.1. The molecule has 4 rings (SSSR count). The van der Waals surface area contributed by atoms with Gasteiger partial charge in [-0.1, -0.05) is 98.3 Å². The van der Waals surface area contributed by atoms with Gasteiger partial charge in [0.1, 0.15) is 0 Å². The Labute approximate surface area is 193 Å². The molecule has 1 N–H and O–H groups in total. The van der Waals surface area contributed by atoms with Crippen LogP contribution in [-0.2, 0) is 15.8 Å². The summed E-state index contributed by atoms with van der Waals surface area (Å²) in [4.78, 5) is 0. The predicted octanol–water partition coefficient (Wildman–Crippen LogP) is 5.66. The van der Waals surface area contributed by atoms with Crippen LogP contribution in [0.2, 0.25) is 0 Å². The highest BCUT2D eigenvalue weighted by molar-refractivity contribution is 7.88. The first-order chi connectivity index (χ1) is 15.5. The van der Waals surface area contributed by atoms with E-state index in [4.69, 9.17) is 0 Å². The topological polar surface area (TPSA) is 49.4 Å². The van der Waals surface area contributed by atoms with Crippen molar-refractivity contribution >= 4 is 10.0 Å². The quantitative estimate of drug-likeness (QED) is 0.654. The van der Waals surface area contributed by atoms with Crippen molar-refractivity contribution in [1.82, 2.24) is 9.62 Å². The highest BCUT2D eigenvalue weighted by Crippen LogP contribution is 2.38. The number of nitrogens with one attached hydrogen (secondary N) is 1. The standard InChI is InChI=1S/C25H28N2O2S.C2H6/c1-20-12-14-23(15-13-20)25-24-22(11-7-2-3-8-17-26-24)16-18-27(25)30(28,29)19-21-9-5-4-6-10-21;1-2/h2-10,12-15,25-26H,11,16-19H2,1H3;1-2H3/b7-2-,8-3-;.